The van der Waals surface area contributed by atoms with E-state index in [1.807, 2.05) is 24.3 Å². The molecular formula is C24H22ClN5O4. The van der Waals surface area contributed by atoms with E-state index < -0.39 is 29.3 Å². The molecule has 0 bridgehead atoms. The standard InChI is InChI=1S/C24H22ClN5O4/c1-14(21(31)32)15(2)30-23(33)28-22(27-20-8-5-17-9-10-26-12-18(17)11-20)29(24(30)34)13-16-3-6-19(25)7-4-16/h3-12,14-15H,13H2,1-2H3,(H,31,32)(H,27,28,33)/t14-,15+/m1/s1. The van der Waals surface area contributed by atoms with Crippen LogP contribution < -0.4 is 16.7 Å². The molecule has 0 fully saturated rings. The molecule has 2 N–H and O–H groups in total. The zero-order valence-corrected chi connectivity index (χ0v) is 19.2. The van der Waals surface area contributed by atoms with Gasteiger partial charge in [-0.2, -0.15) is 4.98 Å². The van der Waals surface area contributed by atoms with Crippen molar-refractivity contribution in [2.24, 2.45) is 5.92 Å². The number of pyridine rings is 1. The first-order valence-corrected chi connectivity index (χ1v) is 10.9. The van der Waals surface area contributed by atoms with Gasteiger partial charge in [0, 0.05) is 28.5 Å². The van der Waals surface area contributed by atoms with E-state index in [1.165, 1.54) is 18.4 Å². The lowest BCUT2D eigenvalue weighted by Crippen LogP contribution is -2.46. The average molecular weight is 480 g/mol. The number of carboxylic acid groups (broad SMARTS) is 1. The fraction of sp³-hybridized carbons (Fsp3) is 0.208. The van der Waals surface area contributed by atoms with Gasteiger partial charge in [0.05, 0.1) is 18.5 Å². The van der Waals surface area contributed by atoms with Crippen molar-refractivity contribution in [3.8, 4) is 0 Å². The average Bonchev–Trinajstić information content (AvgIpc) is 2.82. The van der Waals surface area contributed by atoms with Crippen molar-refractivity contribution in [3.63, 3.8) is 0 Å². The highest BCUT2D eigenvalue weighted by Crippen LogP contribution is 2.21. The molecule has 0 saturated heterocycles. The Hall–Kier alpha value is -3.98. The number of hydrogen-bond acceptors (Lipinski definition) is 6. The van der Waals surface area contributed by atoms with Crippen molar-refractivity contribution < 1.29 is 9.90 Å². The fourth-order valence-electron chi connectivity index (χ4n) is 3.59. The number of nitrogens with zero attached hydrogens (tertiary/aromatic N) is 4. The van der Waals surface area contributed by atoms with Crippen LogP contribution in [0, 0.1) is 5.92 Å². The lowest BCUT2D eigenvalue weighted by atomic mass is 10.0. The van der Waals surface area contributed by atoms with Gasteiger partial charge in [-0.15, -0.1) is 0 Å². The number of anilines is 2. The van der Waals surface area contributed by atoms with Crippen molar-refractivity contribution in [1.82, 2.24) is 19.1 Å². The second-order valence-electron chi connectivity index (χ2n) is 8.01. The molecular weight excluding hydrogens is 458 g/mol. The number of aliphatic carboxylic acids is 1. The molecule has 4 rings (SSSR count). The molecule has 2 atom stereocenters. The summed E-state index contributed by atoms with van der Waals surface area (Å²) >= 11 is 5.98. The third-order valence-corrected chi connectivity index (χ3v) is 6.02. The number of carboxylic acids is 1. The number of hydrogen-bond donors (Lipinski definition) is 2. The Balaban J connectivity index is 1.83. The molecule has 9 nitrogen and oxygen atoms in total. The molecule has 0 saturated carbocycles. The van der Waals surface area contributed by atoms with Crippen LogP contribution in [0.5, 0.6) is 0 Å². The summed E-state index contributed by atoms with van der Waals surface area (Å²) in [6, 6.07) is 13.4. The number of rotatable bonds is 7. The van der Waals surface area contributed by atoms with E-state index >= 15 is 0 Å². The van der Waals surface area contributed by atoms with E-state index in [1.54, 1.807) is 36.7 Å². The summed E-state index contributed by atoms with van der Waals surface area (Å²) in [5, 5.41) is 14.9. The second-order valence-corrected chi connectivity index (χ2v) is 8.45. The lowest BCUT2D eigenvalue weighted by Gasteiger charge is -2.21. The third-order valence-electron chi connectivity index (χ3n) is 5.77. The highest BCUT2D eigenvalue weighted by Gasteiger charge is 2.26. The van der Waals surface area contributed by atoms with Gasteiger partial charge in [-0.3, -0.25) is 14.3 Å². The van der Waals surface area contributed by atoms with Gasteiger partial charge in [0.2, 0.25) is 5.95 Å². The smallest absolute Gasteiger partial charge is 0.355 e. The molecule has 174 valence electrons. The van der Waals surface area contributed by atoms with Gasteiger partial charge in [-0.1, -0.05) is 29.8 Å². The Labute approximate surface area is 199 Å². The second kappa shape index (κ2) is 9.48. The summed E-state index contributed by atoms with van der Waals surface area (Å²) in [5.41, 5.74) is -0.132. The summed E-state index contributed by atoms with van der Waals surface area (Å²) in [6.07, 6.45) is 3.40. The van der Waals surface area contributed by atoms with Crippen LogP contribution in [0.1, 0.15) is 25.5 Å². The Bertz CT molecular complexity index is 1480. The minimum atomic E-state index is -1.12. The van der Waals surface area contributed by atoms with Crippen molar-refractivity contribution in [2.75, 3.05) is 5.32 Å². The van der Waals surface area contributed by atoms with Crippen LogP contribution in [0.4, 0.5) is 11.6 Å². The first-order chi connectivity index (χ1) is 16.2. The van der Waals surface area contributed by atoms with Crippen molar-refractivity contribution >= 4 is 40.0 Å². The van der Waals surface area contributed by atoms with E-state index in [0.29, 0.717) is 10.7 Å². The zero-order chi connectivity index (χ0) is 24.4. The summed E-state index contributed by atoms with van der Waals surface area (Å²) in [6.45, 7) is 3.05. The van der Waals surface area contributed by atoms with Gasteiger partial charge in [0.25, 0.3) is 0 Å². The summed E-state index contributed by atoms with van der Waals surface area (Å²) < 4.78 is 2.19. The van der Waals surface area contributed by atoms with Crippen molar-refractivity contribution in [3.05, 3.63) is 92.5 Å². The Morgan fingerprint density at radius 1 is 1.09 bits per heavy atom. The van der Waals surface area contributed by atoms with Gasteiger partial charge in [-0.05, 0) is 55.1 Å². The maximum absolute atomic E-state index is 13.5. The van der Waals surface area contributed by atoms with Crippen LogP contribution in [-0.4, -0.2) is 30.2 Å². The molecule has 0 aliphatic rings. The van der Waals surface area contributed by atoms with Gasteiger partial charge >= 0.3 is 17.3 Å². The molecule has 2 heterocycles. The summed E-state index contributed by atoms with van der Waals surface area (Å²) in [5.74, 6) is -2.04. The molecule has 0 radical (unpaired) electrons. The van der Waals surface area contributed by atoms with Crippen LogP contribution in [-0.2, 0) is 11.3 Å². The number of halogens is 1. The Morgan fingerprint density at radius 3 is 2.53 bits per heavy atom. The van der Waals surface area contributed by atoms with Crippen molar-refractivity contribution in [1.29, 1.82) is 0 Å². The normalized spacial score (nSPS) is 12.9. The number of benzene rings is 2. The highest BCUT2D eigenvalue weighted by atomic mass is 35.5. The third kappa shape index (κ3) is 4.69. The van der Waals surface area contributed by atoms with E-state index in [9.17, 15) is 19.5 Å². The summed E-state index contributed by atoms with van der Waals surface area (Å²) in [4.78, 5) is 46.0. The van der Waals surface area contributed by atoms with Gasteiger partial charge in [0.15, 0.2) is 0 Å². The van der Waals surface area contributed by atoms with Crippen LogP contribution in [0.2, 0.25) is 5.02 Å². The largest absolute Gasteiger partial charge is 0.481 e. The van der Waals surface area contributed by atoms with Crippen LogP contribution >= 0.6 is 11.6 Å². The maximum Gasteiger partial charge on any atom is 0.355 e. The Kier molecular flexibility index (Phi) is 6.47. The first-order valence-electron chi connectivity index (χ1n) is 10.6. The molecule has 2 aromatic heterocycles. The molecule has 0 amide bonds. The van der Waals surface area contributed by atoms with Crippen LogP contribution in [0.25, 0.3) is 10.8 Å². The van der Waals surface area contributed by atoms with E-state index in [4.69, 9.17) is 11.6 Å². The number of nitrogens with one attached hydrogen (secondary N) is 1. The lowest BCUT2D eigenvalue weighted by molar-refractivity contribution is -0.142. The molecule has 0 spiro atoms. The van der Waals surface area contributed by atoms with Crippen molar-refractivity contribution in [2.45, 2.75) is 26.4 Å². The Morgan fingerprint density at radius 2 is 1.82 bits per heavy atom. The maximum atomic E-state index is 13.5. The monoisotopic (exact) mass is 479 g/mol. The predicted molar refractivity (Wildman–Crippen MR) is 130 cm³/mol. The minimum Gasteiger partial charge on any atom is -0.481 e. The summed E-state index contributed by atoms with van der Waals surface area (Å²) in [7, 11) is 0. The minimum absolute atomic E-state index is 0.0413. The van der Waals surface area contributed by atoms with Crippen LogP contribution in [0.15, 0.2) is 70.5 Å². The molecule has 34 heavy (non-hydrogen) atoms. The van der Waals surface area contributed by atoms with Gasteiger partial charge in [-0.25, -0.2) is 14.2 Å². The highest BCUT2D eigenvalue weighted by molar-refractivity contribution is 6.30. The first kappa shape index (κ1) is 23.2. The number of aromatic nitrogens is 4. The quantitative estimate of drug-likeness (QED) is 0.415. The molecule has 2 aromatic carbocycles. The molecule has 0 aliphatic heterocycles. The molecule has 0 unspecified atom stereocenters. The number of carbonyl (C=O) groups is 1. The topological polar surface area (TPSA) is 119 Å². The molecule has 4 aromatic rings. The van der Waals surface area contributed by atoms with Gasteiger partial charge < -0.3 is 10.4 Å². The molecule has 10 heteroatoms. The van der Waals surface area contributed by atoms with E-state index in [-0.39, 0.29) is 12.5 Å². The predicted octanol–water partition coefficient (Wildman–Crippen LogP) is 3.68. The SMILES string of the molecule is C[C@@H](C(=O)O)[C@H](C)n1c(=O)nc(Nc2ccc3ccncc3c2)n(Cc2ccc(Cl)cc2)c1=O. The van der Waals surface area contributed by atoms with E-state index in [2.05, 4.69) is 15.3 Å². The van der Waals surface area contributed by atoms with Crippen LogP contribution in [0.3, 0.4) is 0 Å². The van der Waals surface area contributed by atoms with E-state index in [0.717, 1.165) is 20.9 Å². The number of fused-ring (bicyclic) bond motifs is 1. The zero-order valence-electron chi connectivity index (χ0n) is 18.5. The fourth-order valence-corrected chi connectivity index (χ4v) is 3.71. The van der Waals surface area contributed by atoms with Gasteiger partial charge in [0.1, 0.15) is 0 Å². The molecule has 0 aliphatic carbocycles.